The number of rotatable bonds is 0. The Morgan fingerprint density at radius 3 is 2.75 bits per heavy atom. The van der Waals surface area contributed by atoms with Crippen molar-refractivity contribution >= 4 is 0 Å². The van der Waals surface area contributed by atoms with Crippen molar-refractivity contribution in [1.29, 1.82) is 0 Å². The zero-order valence-electron chi connectivity index (χ0n) is 7.29. The van der Waals surface area contributed by atoms with E-state index in [9.17, 15) is 5.11 Å². The molecular weight excluding hydrogens is 152 g/mol. The van der Waals surface area contributed by atoms with Gasteiger partial charge in [0, 0.05) is 5.56 Å². The minimum absolute atomic E-state index is 0.401. The van der Waals surface area contributed by atoms with Crippen LogP contribution in [0, 0.1) is 13.8 Å². The van der Waals surface area contributed by atoms with Gasteiger partial charge in [0.1, 0.15) is 18.5 Å². The second kappa shape index (κ2) is 2.49. The lowest BCUT2D eigenvalue weighted by Crippen LogP contribution is -1.97. The Kier molecular flexibility index (Phi) is 1.58. The summed E-state index contributed by atoms with van der Waals surface area (Å²) in [6, 6.07) is 3.99. The maximum atomic E-state index is 9.47. The molecule has 0 bridgehead atoms. The third kappa shape index (κ3) is 0.994. The van der Waals surface area contributed by atoms with Gasteiger partial charge >= 0.3 is 0 Å². The Bertz CT molecular complexity index is 318. The quantitative estimate of drug-likeness (QED) is 0.632. The van der Waals surface area contributed by atoms with Crippen molar-refractivity contribution in [2.75, 3.05) is 6.61 Å². The molecule has 2 nitrogen and oxygen atoms in total. The summed E-state index contributed by atoms with van der Waals surface area (Å²) in [7, 11) is 0. The highest BCUT2D eigenvalue weighted by molar-refractivity contribution is 5.45. The molecule has 2 heteroatoms. The van der Waals surface area contributed by atoms with E-state index in [2.05, 4.69) is 0 Å². The standard InChI is InChI=1S/C10H12O2/c1-6-3-8-9(11)5-12-10(8)4-7(6)2/h3-4,9,11H,5H2,1-2H3. The Hall–Kier alpha value is -1.02. The molecule has 0 fully saturated rings. The van der Waals surface area contributed by atoms with Crippen LogP contribution in [0.1, 0.15) is 22.8 Å². The second-order valence-corrected chi connectivity index (χ2v) is 3.30. The zero-order valence-corrected chi connectivity index (χ0v) is 7.29. The molecule has 1 aliphatic rings. The van der Waals surface area contributed by atoms with Crippen molar-refractivity contribution in [2.24, 2.45) is 0 Å². The van der Waals surface area contributed by atoms with Crippen LogP contribution in [0.5, 0.6) is 5.75 Å². The number of aliphatic hydroxyl groups excluding tert-OH is 1. The molecule has 2 rings (SSSR count). The molecule has 12 heavy (non-hydrogen) atoms. The van der Waals surface area contributed by atoms with Crippen molar-refractivity contribution in [3.8, 4) is 5.75 Å². The number of aliphatic hydroxyl groups is 1. The average Bonchev–Trinajstić information content (AvgIpc) is 2.35. The molecule has 0 aromatic heterocycles. The summed E-state index contributed by atoms with van der Waals surface area (Å²) in [4.78, 5) is 0. The molecule has 0 saturated heterocycles. The summed E-state index contributed by atoms with van der Waals surface area (Å²) >= 11 is 0. The average molecular weight is 164 g/mol. The summed E-state index contributed by atoms with van der Waals surface area (Å²) < 4.78 is 5.30. The van der Waals surface area contributed by atoms with Crippen molar-refractivity contribution in [1.82, 2.24) is 0 Å². The Labute approximate surface area is 71.8 Å². The van der Waals surface area contributed by atoms with E-state index in [0.717, 1.165) is 11.3 Å². The first-order valence-electron chi connectivity index (χ1n) is 4.10. The highest BCUT2D eigenvalue weighted by Gasteiger charge is 2.21. The molecule has 1 heterocycles. The summed E-state index contributed by atoms with van der Waals surface area (Å²) in [5.41, 5.74) is 3.35. The second-order valence-electron chi connectivity index (χ2n) is 3.30. The molecule has 0 aliphatic carbocycles. The molecule has 0 radical (unpaired) electrons. The van der Waals surface area contributed by atoms with Crippen molar-refractivity contribution < 1.29 is 9.84 Å². The van der Waals surface area contributed by atoms with Gasteiger partial charge in [-0.05, 0) is 37.1 Å². The van der Waals surface area contributed by atoms with Crippen LogP contribution < -0.4 is 4.74 Å². The van der Waals surface area contributed by atoms with E-state index >= 15 is 0 Å². The molecular formula is C10H12O2. The fourth-order valence-electron chi connectivity index (χ4n) is 1.46. The fraction of sp³-hybridized carbons (Fsp3) is 0.400. The molecule has 64 valence electrons. The van der Waals surface area contributed by atoms with Crippen molar-refractivity contribution in [3.05, 3.63) is 28.8 Å². The number of hydrogen-bond acceptors (Lipinski definition) is 2. The first-order valence-corrected chi connectivity index (χ1v) is 4.10. The van der Waals surface area contributed by atoms with E-state index in [0.29, 0.717) is 6.61 Å². The van der Waals surface area contributed by atoms with Crippen molar-refractivity contribution in [2.45, 2.75) is 20.0 Å². The Morgan fingerprint density at radius 2 is 2.00 bits per heavy atom. The molecule has 0 spiro atoms. The van der Waals surface area contributed by atoms with Gasteiger partial charge in [0.15, 0.2) is 0 Å². The lowest BCUT2D eigenvalue weighted by Gasteiger charge is -2.04. The third-order valence-electron chi connectivity index (χ3n) is 2.38. The van der Waals surface area contributed by atoms with Crippen LogP contribution in [-0.2, 0) is 0 Å². The number of benzene rings is 1. The van der Waals surface area contributed by atoms with Gasteiger partial charge in [-0.2, -0.15) is 0 Å². The minimum atomic E-state index is -0.431. The molecule has 1 N–H and O–H groups in total. The highest BCUT2D eigenvalue weighted by atomic mass is 16.5. The van der Waals surface area contributed by atoms with E-state index in [1.807, 2.05) is 26.0 Å². The van der Waals surface area contributed by atoms with Gasteiger partial charge in [-0.1, -0.05) is 0 Å². The lowest BCUT2D eigenvalue weighted by molar-refractivity contribution is 0.140. The number of fused-ring (bicyclic) bond motifs is 1. The van der Waals surface area contributed by atoms with Gasteiger partial charge < -0.3 is 9.84 Å². The third-order valence-corrected chi connectivity index (χ3v) is 2.38. The maximum absolute atomic E-state index is 9.47. The Morgan fingerprint density at radius 1 is 1.33 bits per heavy atom. The summed E-state index contributed by atoms with van der Waals surface area (Å²) in [6.45, 7) is 4.49. The van der Waals surface area contributed by atoms with Crippen LogP contribution in [-0.4, -0.2) is 11.7 Å². The van der Waals surface area contributed by atoms with Gasteiger partial charge in [-0.25, -0.2) is 0 Å². The van der Waals surface area contributed by atoms with E-state index < -0.39 is 6.10 Å². The van der Waals surface area contributed by atoms with Crippen LogP contribution in [0.15, 0.2) is 12.1 Å². The van der Waals surface area contributed by atoms with Crippen LogP contribution in [0.25, 0.3) is 0 Å². The molecule has 0 amide bonds. The smallest absolute Gasteiger partial charge is 0.125 e. The normalized spacial score (nSPS) is 20.4. The minimum Gasteiger partial charge on any atom is -0.490 e. The number of aryl methyl sites for hydroxylation is 2. The highest BCUT2D eigenvalue weighted by Crippen LogP contribution is 2.34. The maximum Gasteiger partial charge on any atom is 0.125 e. The predicted octanol–water partition coefficient (Wildman–Crippen LogP) is 1.73. The van der Waals surface area contributed by atoms with Crippen LogP contribution in [0.3, 0.4) is 0 Å². The van der Waals surface area contributed by atoms with E-state index in [-0.39, 0.29) is 0 Å². The predicted molar refractivity (Wildman–Crippen MR) is 46.4 cm³/mol. The molecule has 1 aromatic rings. The molecule has 1 atom stereocenters. The largest absolute Gasteiger partial charge is 0.490 e. The summed E-state index contributed by atoms with van der Waals surface area (Å²) in [6.07, 6.45) is -0.431. The van der Waals surface area contributed by atoms with Gasteiger partial charge in [0.25, 0.3) is 0 Å². The van der Waals surface area contributed by atoms with E-state index in [1.54, 1.807) is 0 Å². The number of ether oxygens (including phenoxy) is 1. The summed E-state index contributed by atoms with van der Waals surface area (Å²) in [5, 5.41) is 9.47. The molecule has 1 aromatic carbocycles. The monoisotopic (exact) mass is 164 g/mol. The molecule has 1 unspecified atom stereocenters. The van der Waals surface area contributed by atoms with Gasteiger partial charge in [-0.15, -0.1) is 0 Å². The lowest BCUT2D eigenvalue weighted by atomic mass is 10.0. The van der Waals surface area contributed by atoms with E-state index in [1.165, 1.54) is 11.1 Å². The van der Waals surface area contributed by atoms with E-state index in [4.69, 9.17) is 4.74 Å². The molecule has 0 saturated carbocycles. The van der Waals surface area contributed by atoms with Gasteiger partial charge in [-0.3, -0.25) is 0 Å². The Balaban J connectivity index is 2.56. The summed E-state index contributed by atoms with van der Waals surface area (Å²) in [5.74, 6) is 0.839. The molecule has 1 aliphatic heterocycles. The van der Waals surface area contributed by atoms with Gasteiger partial charge in [0.2, 0.25) is 0 Å². The fourth-order valence-corrected chi connectivity index (χ4v) is 1.46. The topological polar surface area (TPSA) is 29.5 Å². The SMILES string of the molecule is Cc1cc2c(cc1C)C(O)CO2. The first kappa shape index (κ1) is 7.62. The first-order chi connectivity index (χ1) is 5.68. The van der Waals surface area contributed by atoms with Crippen molar-refractivity contribution in [3.63, 3.8) is 0 Å². The van der Waals surface area contributed by atoms with Crippen LogP contribution in [0.4, 0.5) is 0 Å². The number of hydrogen-bond donors (Lipinski definition) is 1. The zero-order chi connectivity index (χ0) is 8.72. The van der Waals surface area contributed by atoms with Crippen LogP contribution >= 0.6 is 0 Å². The van der Waals surface area contributed by atoms with Crippen LogP contribution in [0.2, 0.25) is 0 Å². The van der Waals surface area contributed by atoms with Gasteiger partial charge in [0.05, 0.1) is 0 Å².